The van der Waals surface area contributed by atoms with E-state index in [9.17, 15) is 13.6 Å². The summed E-state index contributed by atoms with van der Waals surface area (Å²) in [6, 6.07) is 11.4. The first-order chi connectivity index (χ1) is 12.5. The second-order valence-electron chi connectivity index (χ2n) is 6.54. The average molecular weight is 353 g/mol. The number of halogens is 2. The van der Waals surface area contributed by atoms with Crippen LogP contribution in [0, 0.1) is 24.5 Å². The zero-order valence-electron chi connectivity index (χ0n) is 14.1. The van der Waals surface area contributed by atoms with Crippen molar-refractivity contribution in [3.8, 4) is 11.4 Å². The van der Waals surface area contributed by atoms with Gasteiger partial charge in [-0.2, -0.15) is 0 Å². The summed E-state index contributed by atoms with van der Waals surface area (Å²) < 4.78 is 27.3. The molecule has 0 unspecified atom stereocenters. The van der Waals surface area contributed by atoms with Crippen LogP contribution in [0.15, 0.2) is 48.7 Å². The number of nitrogens with one attached hydrogen (secondary N) is 2. The molecule has 0 aliphatic heterocycles. The van der Waals surface area contributed by atoms with Gasteiger partial charge in [-0.3, -0.25) is 4.79 Å². The lowest BCUT2D eigenvalue weighted by Gasteiger charge is -2.10. The van der Waals surface area contributed by atoms with Gasteiger partial charge in [0.2, 0.25) is 5.91 Å². The highest BCUT2D eigenvalue weighted by atomic mass is 19.2. The Labute approximate surface area is 149 Å². The van der Waals surface area contributed by atoms with Crippen LogP contribution in [0.5, 0.6) is 0 Å². The molecule has 0 radical (unpaired) electrons. The number of carbonyl (C=O) groups is 1. The lowest BCUT2D eigenvalue weighted by molar-refractivity contribution is -0.117. The van der Waals surface area contributed by atoms with Crippen LogP contribution < -0.4 is 5.32 Å². The number of aromatic nitrogens is 2. The first-order valence-electron chi connectivity index (χ1n) is 8.40. The van der Waals surface area contributed by atoms with E-state index in [0.717, 1.165) is 17.3 Å². The first kappa shape index (κ1) is 16.4. The van der Waals surface area contributed by atoms with Gasteiger partial charge in [-0.05, 0) is 43.0 Å². The van der Waals surface area contributed by atoms with E-state index in [1.54, 1.807) is 12.3 Å². The summed E-state index contributed by atoms with van der Waals surface area (Å²) in [5.74, 6) is -1.93. The fraction of sp³-hybridized carbons (Fsp3) is 0.200. The number of aryl methyl sites for hydroxylation is 1. The Morgan fingerprint density at radius 3 is 2.77 bits per heavy atom. The number of H-pyrrole nitrogens is 1. The van der Waals surface area contributed by atoms with Crippen molar-refractivity contribution in [3.63, 3.8) is 0 Å². The van der Waals surface area contributed by atoms with Crippen molar-refractivity contribution in [2.75, 3.05) is 5.32 Å². The van der Waals surface area contributed by atoms with Crippen molar-refractivity contribution in [1.29, 1.82) is 0 Å². The molecule has 3 aromatic rings. The van der Waals surface area contributed by atoms with Crippen LogP contribution in [0.3, 0.4) is 0 Å². The van der Waals surface area contributed by atoms with Crippen molar-refractivity contribution >= 4 is 11.6 Å². The van der Waals surface area contributed by atoms with Gasteiger partial charge in [0.1, 0.15) is 5.82 Å². The van der Waals surface area contributed by atoms with Crippen molar-refractivity contribution in [1.82, 2.24) is 9.97 Å². The van der Waals surface area contributed by atoms with Crippen molar-refractivity contribution in [3.05, 3.63) is 71.6 Å². The highest BCUT2D eigenvalue weighted by molar-refractivity contribution is 5.98. The quantitative estimate of drug-likeness (QED) is 0.730. The highest BCUT2D eigenvalue weighted by Crippen LogP contribution is 2.49. The number of rotatable bonds is 4. The number of hydrogen-bond donors (Lipinski definition) is 2. The third-order valence-corrected chi connectivity index (χ3v) is 4.65. The Kier molecular flexibility index (Phi) is 4.03. The predicted octanol–water partition coefficient (Wildman–Crippen LogP) is 4.41. The van der Waals surface area contributed by atoms with Crippen LogP contribution in [-0.4, -0.2) is 15.9 Å². The summed E-state index contributed by atoms with van der Waals surface area (Å²) >= 11 is 0. The molecule has 6 heteroatoms. The molecule has 0 bridgehead atoms. The lowest BCUT2D eigenvalue weighted by Crippen LogP contribution is -2.15. The maximum Gasteiger partial charge on any atom is 0.228 e. The van der Waals surface area contributed by atoms with E-state index in [1.165, 1.54) is 12.1 Å². The van der Waals surface area contributed by atoms with Gasteiger partial charge < -0.3 is 10.3 Å². The summed E-state index contributed by atoms with van der Waals surface area (Å²) in [4.78, 5) is 20.0. The van der Waals surface area contributed by atoms with Gasteiger partial charge >= 0.3 is 0 Å². The van der Waals surface area contributed by atoms with Crippen LogP contribution in [0.2, 0.25) is 0 Å². The second kappa shape index (κ2) is 6.37. The lowest BCUT2D eigenvalue weighted by atomic mass is 10.1. The molecule has 1 aliphatic carbocycles. The van der Waals surface area contributed by atoms with Gasteiger partial charge in [-0.1, -0.05) is 24.3 Å². The number of hydrogen-bond acceptors (Lipinski definition) is 2. The monoisotopic (exact) mass is 353 g/mol. The molecular formula is C20H17F2N3O. The number of benzene rings is 2. The number of amides is 1. The van der Waals surface area contributed by atoms with Crippen LogP contribution in [0.25, 0.3) is 11.4 Å². The topological polar surface area (TPSA) is 57.8 Å². The third kappa shape index (κ3) is 2.98. The maximum atomic E-state index is 13.9. The Hall–Kier alpha value is -3.02. The van der Waals surface area contributed by atoms with Gasteiger partial charge in [0.25, 0.3) is 0 Å². The Bertz CT molecular complexity index is 983. The Balaban J connectivity index is 1.53. The number of carbonyl (C=O) groups excluding carboxylic acids is 1. The molecule has 0 spiro atoms. The standard InChI is InChI=1S/C20H17F2N3O/c1-11-10-23-19(24-11)13-5-2-3-8-17(13)25-20(26)15-9-14(15)12-6-4-7-16(21)18(12)22/h2-8,10,14-15H,9H2,1H3,(H,23,24)(H,25,26)/t14-,15+/m0/s1. The zero-order chi connectivity index (χ0) is 18.3. The maximum absolute atomic E-state index is 13.9. The fourth-order valence-corrected chi connectivity index (χ4v) is 3.21. The molecule has 2 N–H and O–H groups in total. The summed E-state index contributed by atoms with van der Waals surface area (Å²) in [6.45, 7) is 1.90. The van der Waals surface area contributed by atoms with Gasteiger partial charge in [-0.25, -0.2) is 13.8 Å². The van der Waals surface area contributed by atoms with E-state index in [0.29, 0.717) is 17.9 Å². The van der Waals surface area contributed by atoms with Crippen LogP contribution in [0.4, 0.5) is 14.5 Å². The van der Waals surface area contributed by atoms with Gasteiger partial charge in [0.15, 0.2) is 11.6 Å². The molecular weight excluding hydrogens is 336 g/mol. The molecule has 1 aliphatic rings. The molecule has 1 aromatic heterocycles. The molecule has 132 valence electrons. The normalized spacial score (nSPS) is 18.6. The van der Waals surface area contributed by atoms with Crippen molar-refractivity contribution < 1.29 is 13.6 Å². The van der Waals surface area contributed by atoms with E-state index in [4.69, 9.17) is 0 Å². The molecule has 2 aromatic carbocycles. The zero-order valence-corrected chi connectivity index (χ0v) is 14.1. The molecule has 4 nitrogen and oxygen atoms in total. The van der Waals surface area contributed by atoms with Gasteiger partial charge in [0.05, 0.1) is 5.69 Å². The molecule has 2 atom stereocenters. The number of aromatic amines is 1. The largest absolute Gasteiger partial charge is 0.342 e. The van der Waals surface area contributed by atoms with E-state index in [-0.39, 0.29) is 23.3 Å². The van der Waals surface area contributed by atoms with Crippen molar-refractivity contribution in [2.45, 2.75) is 19.3 Å². The number of nitrogens with zero attached hydrogens (tertiary/aromatic N) is 1. The molecule has 1 fully saturated rings. The highest BCUT2D eigenvalue weighted by Gasteiger charge is 2.45. The SMILES string of the molecule is Cc1cnc(-c2ccccc2NC(=O)[C@@H]2C[C@H]2c2cccc(F)c2F)[nH]1. The summed E-state index contributed by atoms with van der Waals surface area (Å²) in [5.41, 5.74) is 2.60. The van der Waals surface area contributed by atoms with Crippen LogP contribution in [0.1, 0.15) is 23.6 Å². The summed E-state index contributed by atoms with van der Waals surface area (Å²) in [6.07, 6.45) is 2.23. The van der Waals surface area contributed by atoms with Gasteiger partial charge in [0, 0.05) is 23.4 Å². The number of imidazole rings is 1. The minimum absolute atomic E-state index is 0.200. The molecule has 1 saturated carbocycles. The first-order valence-corrected chi connectivity index (χ1v) is 8.40. The minimum atomic E-state index is -0.882. The van der Waals surface area contributed by atoms with E-state index in [2.05, 4.69) is 15.3 Å². The second-order valence-corrected chi connectivity index (χ2v) is 6.54. The van der Waals surface area contributed by atoms with Crippen LogP contribution in [-0.2, 0) is 4.79 Å². The third-order valence-electron chi connectivity index (χ3n) is 4.65. The molecule has 4 rings (SSSR count). The van der Waals surface area contributed by atoms with Crippen LogP contribution >= 0.6 is 0 Å². The number of anilines is 1. The van der Waals surface area contributed by atoms with E-state index < -0.39 is 11.6 Å². The number of para-hydroxylation sites is 1. The summed E-state index contributed by atoms with van der Waals surface area (Å²) in [7, 11) is 0. The van der Waals surface area contributed by atoms with E-state index >= 15 is 0 Å². The molecule has 0 saturated heterocycles. The fourth-order valence-electron chi connectivity index (χ4n) is 3.21. The molecule has 1 amide bonds. The van der Waals surface area contributed by atoms with E-state index in [1.807, 2.05) is 25.1 Å². The molecule has 26 heavy (non-hydrogen) atoms. The van der Waals surface area contributed by atoms with Crippen molar-refractivity contribution in [2.24, 2.45) is 5.92 Å². The summed E-state index contributed by atoms with van der Waals surface area (Å²) in [5, 5.41) is 2.90. The van der Waals surface area contributed by atoms with Gasteiger partial charge in [-0.15, -0.1) is 0 Å². The predicted molar refractivity (Wildman–Crippen MR) is 94.6 cm³/mol. The Morgan fingerprint density at radius 1 is 1.19 bits per heavy atom. The molecule has 1 heterocycles. The average Bonchev–Trinajstić information content (AvgIpc) is 3.31. The minimum Gasteiger partial charge on any atom is -0.342 e. The Morgan fingerprint density at radius 2 is 2.00 bits per heavy atom. The smallest absolute Gasteiger partial charge is 0.228 e.